The average molecular weight is 438 g/mol. The molecule has 0 amide bonds. The quantitative estimate of drug-likeness (QED) is 0.458. The summed E-state index contributed by atoms with van der Waals surface area (Å²) in [6, 6.07) is 9.36. The van der Waals surface area contributed by atoms with E-state index in [-0.39, 0.29) is 34.6 Å². The van der Waals surface area contributed by atoms with Gasteiger partial charge < -0.3 is 24.7 Å². The summed E-state index contributed by atoms with van der Waals surface area (Å²) in [6.07, 6.45) is 0. The second-order valence-corrected chi connectivity index (χ2v) is 7.52. The highest BCUT2D eigenvalue weighted by Crippen LogP contribution is 2.49. The number of esters is 1. The summed E-state index contributed by atoms with van der Waals surface area (Å²) >= 11 is 1.52. The highest BCUT2D eigenvalue weighted by Gasteiger charge is 2.37. The first-order chi connectivity index (χ1) is 15.0. The Morgan fingerprint density at radius 3 is 2.58 bits per heavy atom. The van der Waals surface area contributed by atoms with Crippen LogP contribution in [-0.4, -0.2) is 30.4 Å². The van der Waals surface area contributed by atoms with E-state index in [2.05, 4.69) is 16.3 Å². The number of nitrogens with zero attached hydrogens (tertiary/aromatic N) is 2. The number of thiophene rings is 1. The van der Waals surface area contributed by atoms with Crippen molar-refractivity contribution in [1.82, 2.24) is 10.2 Å². The fourth-order valence-corrected chi connectivity index (χ4v) is 4.23. The zero-order chi connectivity index (χ0) is 22.1. The standard InChI is InChI=1S/C21H18N4O5S/c1-10(26)29-19-13(27-2)7-11(8-14(19)28-3)16-12(9-22)20(23)30-21-17(16)18(24-25-21)15-5-4-6-31-15/h4-8,16H,23H2,1-3H3,(H,24,25). The van der Waals surface area contributed by atoms with Crippen LogP contribution >= 0.6 is 11.3 Å². The number of hydrogen-bond donors (Lipinski definition) is 2. The molecule has 1 aliphatic rings. The smallest absolute Gasteiger partial charge is 0.308 e. The molecule has 3 N–H and O–H groups in total. The normalized spacial score (nSPS) is 15.0. The maximum absolute atomic E-state index is 11.6. The van der Waals surface area contributed by atoms with Gasteiger partial charge in [0, 0.05) is 6.92 Å². The minimum absolute atomic E-state index is 0.0359. The summed E-state index contributed by atoms with van der Waals surface area (Å²) in [5.74, 6) is -0.190. The summed E-state index contributed by atoms with van der Waals surface area (Å²) in [6.45, 7) is 1.29. The van der Waals surface area contributed by atoms with E-state index in [9.17, 15) is 10.1 Å². The Kier molecular flexibility index (Phi) is 5.27. The summed E-state index contributed by atoms with van der Waals surface area (Å²) in [5, 5.41) is 19.1. The maximum atomic E-state index is 11.6. The SMILES string of the molecule is COc1cc(C2C(C#N)=C(N)Oc3n[nH]c(-c4cccs4)c32)cc(OC)c1OC(C)=O. The Morgan fingerprint density at radius 1 is 1.32 bits per heavy atom. The van der Waals surface area contributed by atoms with E-state index in [0.717, 1.165) is 10.6 Å². The first kappa shape index (κ1) is 20.3. The number of aromatic nitrogens is 2. The van der Waals surface area contributed by atoms with Crippen LogP contribution in [-0.2, 0) is 4.79 Å². The molecule has 9 nitrogen and oxygen atoms in total. The number of nitrogens with one attached hydrogen (secondary N) is 1. The van der Waals surface area contributed by atoms with E-state index in [1.165, 1.54) is 32.5 Å². The molecule has 0 saturated heterocycles. The number of nitrogens with two attached hydrogens (primary N) is 1. The number of nitriles is 1. The maximum Gasteiger partial charge on any atom is 0.308 e. The molecular formula is C21H18N4O5S. The molecule has 0 saturated carbocycles. The van der Waals surface area contributed by atoms with Crippen molar-refractivity contribution in [2.45, 2.75) is 12.8 Å². The predicted molar refractivity (Wildman–Crippen MR) is 112 cm³/mol. The van der Waals surface area contributed by atoms with Gasteiger partial charge in [-0.2, -0.15) is 5.26 Å². The van der Waals surface area contributed by atoms with E-state index in [0.29, 0.717) is 11.1 Å². The van der Waals surface area contributed by atoms with E-state index in [1.807, 2.05) is 17.5 Å². The fourth-order valence-electron chi connectivity index (χ4n) is 3.50. The number of hydrogen-bond acceptors (Lipinski definition) is 9. The summed E-state index contributed by atoms with van der Waals surface area (Å²) in [7, 11) is 2.90. The van der Waals surface area contributed by atoms with Gasteiger partial charge in [0.05, 0.1) is 36.3 Å². The van der Waals surface area contributed by atoms with Crippen molar-refractivity contribution in [3.8, 4) is 39.8 Å². The minimum atomic E-state index is -0.612. The molecule has 0 spiro atoms. The van der Waals surface area contributed by atoms with Gasteiger partial charge in [-0.3, -0.25) is 9.89 Å². The fraction of sp³-hybridized carbons (Fsp3) is 0.190. The van der Waals surface area contributed by atoms with Gasteiger partial charge in [-0.25, -0.2) is 0 Å². The van der Waals surface area contributed by atoms with Gasteiger partial charge in [-0.1, -0.05) is 6.07 Å². The number of carbonyl (C=O) groups excluding carboxylic acids is 1. The van der Waals surface area contributed by atoms with Gasteiger partial charge in [-0.05, 0) is 29.1 Å². The van der Waals surface area contributed by atoms with Gasteiger partial charge in [-0.15, -0.1) is 16.4 Å². The lowest BCUT2D eigenvalue weighted by Gasteiger charge is -2.25. The first-order valence-electron chi connectivity index (χ1n) is 9.12. The largest absolute Gasteiger partial charge is 0.493 e. The monoisotopic (exact) mass is 438 g/mol. The number of benzene rings is 1. The molecular weight excluding hydrogens is 420 g/mol. The van der Waals surface area contributed by atoms with Crippen molar-refractivity contribution in [2.24, 2.45) is 5.73 Å². The Hall–Kier alpha value is -3.97. The number of methoxy groups -OCH3 is 2. The van der Waals surface area contributed by atoms with Crippen LogP contribution in [0.5, 0.6) is 23.1 Å². The Morgan fingerprint density at radius 2 is 2.03 bits per heavy atom. The van der Waals surface area contributed by atoms with Gasteiger partial charge in [0.15, 0.2) is 11.5 Å². The van der Waals surface area contributed by atoms with Crippen LogP contribution in [0.1, 0.15) is 24.0 Å². The molecule has 10 heteroatoms. The minimum Gasteiger partial charge on any atom is -0.493 e. The summed E-state index contributed by atoms with van der Waals surface area (Å²) < 4.78 is 21.8. The second-order valence-electron chi connectivity index (χ2n) is 6.57. The van der Waals surface area contributed by atoms with Crippen LogP contribution in [0.2, 0.25) is 0 Å². The third-order valence-corrected chi connectivity index (χ3v) is 5.66. The molecule has 0 bridgehead atoms. The van der Waals surface area contributed by atoms with Crippen LogP contribution in [0.15, 0.2) is 41.1 Å². The van der Waals surface area contributed by atoms with E-state index in [1.54, 1.807) is 12.1 Å². The van der Waals surface area contributed by atoms with Crippen molar-refractivity contribution in [3.05, 3.63) is 52.2 Å². The molecule has 1 aromatic carbocycles. The molecule has 158 valence electrons. The summed E-state index contributed by atoms with van der Waals surface area (Å²) in [4.78, 5) is 12.5. The lowest BCUT2D eigenvalue weighted by Crippen LogP contribution is -2.21. The molecule has 0 fully saturated rings. The number of H-pyrrole nitrogens is 1. The highest BCUT2D eigenvalue weighted by atomic mass is 32.1. The van der Waals surface area contributed by atoms with Crippen molar-refractivity contribution in [2.75, 3.05) is 14.2 Å². The van der Waals surface area contributed by atoms with Gasteiger partial charge >= 0.3 is 5.97 Å². The molecule has 3 heterocycles. The van der Waals surface area contributed by atoms with Crippen LogP contribution in [0.3, 0.4) is 0 Å². The van der Waals surface area contributed by atoms with E-state index >= 15 is 0 Å². The van der Waals surface area contributed by atoms with Crippen molar-refractivity contribution >= 4 is 17.3 Å². The molecule has 0 radical (unpaired) electrons. The molecule has 1 unspecified atom stereocenters. The van der Waals surface area contributed by atoms with Crippen molar-refractivity contribution in [1.29, 1.82) is 5.26 Å². The van der Waals surface area contributed by atoms with E-state index in [4.69, 9.17) is 24.7 Å². The molecule has 1 aliphatic heterocycles. The van der Waals surface area contributed by atoms with Crippen molar-refractivity contribution < 1.29 is 23.7 Å². The van der Waals surface area contributed by atoms with Crippen molar-refractivity contribution in [3.63, 3.8) is 0 Å². The first-order valence-corrected chi connectivity index (χ1v) is 10.0. The third kappa shape index (κ3) is 3.45. The molecule has 2 aromatic heterocycles. The number of fused-ring (bicyclic) bond motifs is 1. The summed E-state index contributed by atoms with van der Waals surface area (Å²) in [5.41, 5.74) is 8.28. The Labute approximate surface area is 181 Å². The number of allylic oxidation sites excluding steroid dienone is 1. The zero-order valence-corrected chi connectivity index (χ0v) is 17.7. The number of rotatable bonds is 5. The Bertz CT molecular complexity index is 1200. The predicted octanol–water partition coefficient (Wildman–Crippen LogP) is 3.30. The lowest BCUT2D eigenvalue weighted by atomic mass is 9.83. The third-order valence-electron chi connectivity index (χ3n) is 4.77. The topological polar surface area (TPSA) is 132 Å². The van der Waals surface area contributed by atoms with Crippen LogP contribution in [0.4, 0.5) is 0 Å². The number of carbonyl (C=O) groups is 1. The molecule has 31 heavy (non-hydrogen) atoms. The van der Waals surface area contributed by atoms with Gasteiger partial charge in [0.1, 0.15) is 11.6 Å². The highest BCUT2D eigenvalue weighted by molar-refractivity contribution is 7.13. The van der Waals surface area contributed by atoms with Crippen LogP contribution in [0, 0.1) is 11.3 Å². The number of aromatic amines is 1. The molecule has 1 atom stereocenters. The molecule has 0 aliphatic carbocycles. The van der Waals surface area contributed by atoms with Gasteiger partial charge in [0.2, 0.25) is 17.5 Å². The van der Waals surface area contributed by atoms with E-state index < -0.39 is 11.9 Å². The average Bonchev–Trinajstić information content (AvgIpc) is 3.42. The molecule has 3 aromatic rings. The van der Waals surface area contributed by atoms with Gasteiger partial charge in [0.25, 0.3) is 0 Å². The molecule has 4 rings (SSSR count). The van der Waals surface area contributed by atoms with Crippen LogP contribution in [0.25, 0.3) is 10.6 Å². The second kappa shape index (κ2) is 8.04. The van der Waals surface area contributed by atoms with Crippen LogP contribution < -0.4 is 24.7 Å². The Balaban J connectivity index is 1.96. The lowest BCUT2D eigenvalue weighted by molar-refractivity contribution is -0.132. The zero-order valence-electron chi connectivity index (χ0n) is 16.9. The number of ether oxygens (including phenoxy) is 4.